The average molecular weight is 441 g/mol. The Bertz CT molecular complexity index is 1150. The third-order valence-electron chi connectivity index (χ3n) is 5.69. The van der Waals surface area contributed by atoms with E-state index in [9.17, 15) is 9.59 Å². The first-order valence-corrected chi connectivity index (χ1v) is 11.7. The van der Waals surface area contributed by atoms with Crippen molar-refractivity contribution in [3.05, 3.63) is 56.4 Å². The van der Waals surface area contributed by atoms with E-state index in [4.69, 9.17) is 14.5 Å². The van der Waals surface area contributed by atoms with Gasteiger partial charge in [-0.15, -0.1) is 11.3 Å². The van der Waals surface area contributed by atoms with Crippen LogP contribution in [0.3, 0.4) is 0 Å². The van der Waals surface area contributed by atoms with Crippen molar-refractivity contribution in [2.45, 2.75) is 58.4 Å². The summed E-state index contributed by atoms with van der Waals surface area (Å²) in [6.07, 6.45) is 5.08. The van der Waals surface area contributed by atoms with Crippen LogP contribution in [0.25, 0.3) is 10.2 Å². The fourth-order valence-corrected chi connectivity index (χ4v) is 5.39. The Balaban J connectivity index is 1.50. The molecule has 0 saturated heterocycles. The number of fused-ring (bicyclic) bond motifs is 3. The lowest BCUT2D eigenvalue weighted by Crippen LogP contribution is -2.27. The molecule has 164 valence electrons. The van der Waals surface area contributed by atoms with E-state index in [1.54, 1.807) is 35.6 Å². The molecule has 0 saturated carbocycles. The van der Waals surface area contributed by atoms with Crippen molar-refractivity contribution in [2.24, 2.45) is 0 Å². The van der Waals surface area contributed by atoms with Gasteiger partial charge in [-0.3, -0.25) is 9.36 Å². The SMILES string of the molecule is COC(=O)c1ccc(OCCCn2c(C(C)C)nc3sc4c(c3c2=O)CCCC4)cc1. The van der Waals surface area contributed by atoms with Crippen LogP contribution in [-0.4, -0.2) is 29.2 Å². The predicted molar refractivity (Wildman–Crippen MR) is 123 cm³/mol. The van der Waals surface area contributed by atoms with Gasteiger partial charge in [0.25, 0.3) is 5.56 Å². The molecule has 0 aliphatic heterocycles. The molecule has 6 nitrogen and oxygen atoms in total. The number of carbonyl (C=O) groups excluding carboxylic acids is 1. The van der Waals surface area contributed by atoms with E-state index in [-0.39, 0.29) is 17.4 Å². The maximum atomic E-state index is 13.4. The van der Waals surface area contributed by atoms with Gasteiger partial charge in [0.05, 0.1) is 24.7 Å². The summed E-state index contributed by atoms with van der Waals surface area (Å²) < 4.78 is 12.4. The van der Waals surface area contributed by atoms with E-state index >= 15 is 0 Å². The molecule has 2 heterocycles. The summed E-state index contributed by atoms with van der Waals surface area (Å²) in [6.45, 7) is 5.20. The van der Waals surface area contributed by atoms with Gasteiger partial charge in [0.2, 0.25) is 0 Å². The Morgan fingerprint density at radius 3 is 2.65 bits per heavy atom. The van der Waals surface area contributed by atoms with Gasteiger partial charge in [0, 0.05) is 17.3 Å². The summed E-state index contributed by atoms with van der Waals surface area (Å²) in [7, 11) is 1.36. The maximum absolute atomic E-state index is 13.4. The normalized spacial score (nSPS) is 13.4. The Morgan fingerprint density at radius 2 is 1.94 bits per heavy atom. The quantitative estimate of drug-likeness (QED) is 0.393. The molecule has 7 heteroatoms. The fourth-order valence-electron chi connectivity index (χ4n) is 4.13. The molecule has 1 aliphatic rings. The molecule has 2 aromatic heterocycles. The number of benzene rings is 1. The van der Waals surface area contributed by atoms with Crippen molar-refractivity contribution in [3.8, 4) is 5.75 Å². The largest absolute Gasteiger partial charge is 0.494 e. The van der Waals surface area contributed by atoms with Crippen molar-refractivity contribution >= 4 is 27.5 Å². The number of hydrogen-bond acceptors (Lipinski definition) is 6. The summed E-state index contributed by atoms with van der Waals surface area (Å²) >= 11 is 1.70. The number of hydrogen-bond donors (Lipinski definition) is 0. The van der Waals surface area contributed by atoms with Crippen LogP contribution in [0.2, 0.25) is 0 Å². The zero-order valence-electron chi connectivity index (χ0n) is 18.3. The molecule has 0 radical (unpaired) electrons. The number of nitrogens with zero attached hydrogens (tertiary/aromatic N) is 2. The first-order valence-electron chi connectivity index (χ1n) is 10.9. The van der Waals surface area contributed by atoms with E-state index < -0.39 is 0 Å². The number of ether oxygens (including phenoxy) is 2. The lowest BCUT2D eigenvalue weighted by Gasteiger charge is -2.16. The van der Waals surface area contributed by atoms with Crippen LogP contribution >= 0.6 is 11.3 Å². The van der Waals surface area contributed by atoms with Gasteiger partial charge in [-0.1, -0.05) is 13.8 Å². The number of rotatable bonds is 7. The number of aromatic nitrogens is 2. The molecule has 0 amide bonds. The van der Waals surface area contributed by atoms with Gasteiger partial charge in [-0.05, 0) is 61.9 Å². The number of carbonyl (C=O) groups is 1. The second-order valence-corrected chi connectivity index (χ2v) is 9.27. The Hall–Kier alpha value is -2.67. The van der Waals surface area contributed by atoms with Crippen molar-refractivity contribution in [2.75, 3.05) is 13.7 Å². The van der Waals surface area contributed by atoms with Crippen LogP contribution < -0.4 is 10.3 Å². The zero-order chi connectivity index (χ0) is 22.0. The molecule has 0 unspecified atom stereocenters. The topological polar surface area (TPSA) is 70.4 Å². The molecule has 0 N–H and O–H groups in total. The van der Waals surface area contributed by atoms with Crippen molar-refractivity contribution in [3.63, 3.8) is 0 Å². The third-order valence-corrected chi connectivity index (χ3v) is 6.88. The first-order chi connectivity index (χ1) is 15.0. The Kier molecular flexibility index (Phi) is 6.41. The summed E-state index contributed by atoms with van der Waals surface area (Å²) in [6, 6.07) is 6.87. The van der Waals surface area contributed by atoms with Crippen LogP contribution in [-0.2, 0) is 24.1 Å². The van der Waals surface area contributed by atoms with Crippen LogP contribution in [0.15, 0.2) is 29.1 Å². The highest BCUT2D eigenvalue weighted by Crippen LogP contribution is 2.34. The monoisotopic (exact) mass is 440 g/mol. The van der Waals surface area contributed by atoms with E-state index in [2.05, 4.69) is 13.8 Å². The molecule has 1 aromatic carbocycles. The number of aryl methyl sites for hydroxylation is 2. The number of esters is 1. The first kappa shape index (κ1) is 21.6. The highest BCUT2D eigenvalue weighted by molar-refractivity contribution is 7.18. The lowest BCUT2D eigenvalue weighted by molar-refractivity contribution is 0.0600. The highest BCUT2D eigenvalue weighted by Gasteiger charge is 2.22. The van der Waals surface area contributed by atoms with Gasteiger partial charge >= 0.3 is 5.97 Å². The number of methoxy groups -OCH3 is 1. The average Bonchev–Trinajstić information content (AvgIpc) is 3.16. The minimum absolute atomic E-state index is 0.0931. The summed E-state index contributed by atoms with van der Waals surface area (Å²) in [4.78, 5) is 32.1. The predicted octanol–water partition coefficient (Wildman–Crippen LogP) is 4.72. The Labute approximate surface area is 185 Å². The second kappa shape index (κ2) is 9.22. The fraction of sp³-hybridized carbons (Fsp3) is 0.458. The van der Waals surface area contributed by atoms with Gasteiger partial charge in [0.1, 0.15) is 16.4 Å². The Morgan fingerprint density at radius 1 is 1.19 bits per heavy atom. The van der Waals surface area contributed by atoms with Crippen LogP contribution in [0.5, 0.6) is 5.75 Å². The van der Waals surface area contributed by atoms with E-state index in [1.165, 1.54) is 24.0 Å². The van der Waals surface area contributed by atoms with Gasteiger partial charge in [-0.2, -0.15) is 0 Å². The van der Waals surface area contributed by atoms with Crippen molar-refractivity contribution in [1.29, 1.82) is 0 Å². The van der Waals surface area contributed by atoms with E-state index in [1.807, 2.05) is 4.57 Å². The standard InChI is InChI=1S/C24H28N2O4S/c1-15(2)21-25-22-20(18-7-4-5-8-19(18)31-22)23(27)26(21)13-6-14-30-17-11-9-16(10-12-17)24(28)29-3/h9-12,15H,4-8,13-14H2,1-3H3. The molecule has 0 atom stereocenters. The third kappa shape index (κ3) is 4.37. The molecule has 31 heavy (non-hydrogen) atoms. The molecule has 3 aromatic rings. The molecular weight excluding hydrogens is 412 g/mol. The van der Waals surface area contributed by atoms with Crippen molar-refractivity contribution < 1.29 is 14.3 Å². The van der Waals surface area contributed by atoms with E-state index in [0.29, 0.717) is 30.9 Å². The molecule has 0 bridgehead atoms. The summed E-state index contributed by atoms with van der Waals surface area (Å²) in [5.74, 6) is 1.33. The molecule has 1 aliphatic carbocycles. The summed E-state index contributed by atoms with van der Waals surface area (Å²) in [5.41, 5.74) is 1.81. The second-order valence-electron chi connectivity index (χ2n) is 8.19. The molecule has 0 fully saturated rings. The van der Waals surface area contributed by atoms with Crippen LogP contribution in [0, 0.1) is 0 Å². The lowest BCUT2D eigenvalue weighted by atomic mass is 9.97. The molecule has 0 spiro atoms. The molecular formula is C24H28N2O4S. The number of thiophene rings is 1. The maximum Gasteiger partial charge on any atom is 0.337 e. The van der Waals surface area contributed by atoms with Gasteiger partial charge in [0.15, 0.2) is 0 Å². The minimum Gasteiger partial charge on any atom is -0.494 e. The minimum atomic E-state index is -0.370. The van der Waals surface area contributed by atoms with Crippen LogP contribution in [0.1, 0.15) is 65.7 Å². The van der Waals surface area contributed by atoms with Gasteiger partial charge < -0.3 is 9.47 Å². The van der Waals surface area contributed by atoms with Gasteiger partial charge in [-0.25, -0.2) is 9.78 Å². The zero-order valence-corrected chi connectivity index (χ0v) is 19.1. The summed E-state index contributed by atoms with van der Waals surface area (Å²) in [5, 5.41) is 0.836. The van der Waals surface area contributed by atoms with E-state index in [0.717, 1.165) is 35.3 Å². The highest BCUT2D eigenvalue weighted by atomic mass is 32.1. The van der Waals surface area contributed by atoms with Crippen LogP contribution in [0.4, 0.5) is 0 Å². The van der Waals surface area contributed by atoms with Crippen molar-refractivity contribution in [1.82, 2.24) is 9.55 Å². The smallest absolute Gasteiger partial charge is 0.337 e. The molecule has 4 rings (SSSR count).